The molecule has 0 bridgehead atoms. The summed E-state index contributed by atoms with van der Waals surface area (Å²) in [5, 5.41) is 18.1. The third-order valence-electron chi connectivity index (χ3n) is 7.55. The number of benzene rings is 2. The van der Waals surface area contributed by atoms with Gasteiger partial charge in [0, 0.05) is 25.9 Å². The Labute approximate surface area is 280 Å². The van der Waals surface area contributed by atoms with Crippen LogP contribution < -0.4 is 50.4 Å². The molecule has 2 aromatic carbocycles. The summed E-state index contributed by atoms with van der Waals surface area (Å²) in [5.41, 5.74) is 36.2. The van der Waals surface area contributed by atoms with Crippen molar-refractivity contribution in [1.29, 1.82) is 0 Å². The van der Waals surface area contributed by atoms with Crippen molar-refractivity contribution < 1.29 is 24.3 Å². The van der Waals surface area contributed by atoms with Crippen LogP contribution in [0.2, 0.25) is 0 Å². The molecule has 48 heavy (non-hydrogen) atoms. The lowest BCUT2D eigenvalue weighted by Crippen LogP contribution is -2.58. The number of rotatable bonds is 19. The number of nitrogens with two attached hydrogens (primary N) is 6. The molecule has 0 aromatic heterocycles. The van der Waals surface area contributed by atoms with Crippen molar-refractivity contribution in [3.05, 3.63) is 64.7 Å². The summed E-state index contributed by atoms with van der Waals surface area (Å²) in [6.07, 6.45) is 1.20. The second-order valence-corrected chi connectivity index (χ2v) is 11.5. The van der Waals surface area contributed by atoms with Gasteiger partial charge in [0.2, 0.25) is 23.6 Å². The normalized spacial score (nSPS) is 13.2. The van der Waals surface area contributed by atoms with Gasteiger partial charge in [-0.3, -0.25) is 29.2 Å². The molecule has 16 N–H and O–H groups in total. The summed E-state index contributed by atoms with van der Waals surface area (Å²) in [7, 11) is 0. The first-order valence-corrected chi connectivity index (χ1v) is 15.6. The number of nitrogens with one attached hydrogen (secondary N) is 3. The minimum Gasteiger partial charge on any atom is -0.508 e. The topological polar surface area (TPSA) is 305 Å². The van der Waals surface area contributed by atoms with Gasteiger partial charge in [-0.25, -0.2) is 0 Å². The Morgan fingerprint density at radius 2 is 1.21 bits per heavy atom. The van der Waals surface area contributed by atoms with Crippen molar-refractivity contribution in [2.24, 2.45) is 44.4 Å². The fourth-order valence-electron chi connectivity index (χ4n) is 5.02. The van der Waals surface area contributed by atoms with Gasteiger partial charge in [-0.15, -0.1) is 0 Å². The zero-order chi connectivity index (χ0) is 35.8. The Morgan fingerprint density at radius 1 is 0.708 bits per heavy atom. The van der Waals surface area contributed by atoms with E-state index in [4.69, 9.17) is 34.4 Å². The van der Waals surface area contributed by atoms with Crippen LogP contribution in [0.3, 0.4) is 0 Å². The van der Waals surface area contributed by atoms with Gasteiger partial charge in [-0.1, -0.05) is 30.3 Å². The van der Waals surface area contributed by atoms with Crippen LogP contribution in [0.4, 0.5) is 0 Å². The molecule has 2 rings (SSSR count). The van der Waals surface area contributed by atoms with Crippen LogP contribution in [0.1, 0.15) is 47.9 Å². The maximum absolute atomic E-state index is 13.9. The predicted molar refractivity (Wildman–Crippen MR) is 184 cm³/mol. The van der Waals surface area contributed by atoms with Crippen molar-refractivity contribution in [3.8, 4) is 5.75 Å². The lowest BCUT2D eigenvalue weighted by atomic mass is 9.95. The third-order valence-corrected chi connectivity index (χ3v) is 7.55. The first-order valence-electron chi connectivity index (χ1n) is 15.6. The van der Waals surface area contributed by atoms with E-state index < -0.39 is 47.8 Å². The average Bonchev–Trinajstić information content (AvgIpc) is 3.01. The zero-order valence-corrected chi connectivity index (χ0v) is 27.4. The Kier molecular flexibility index (Phi) is 15.6. The molecule has 4 atom stereocenters. The molecule has 0 radical (unpaired) electrons. The van der Waals surface area contributed by atoms with Crippen LogP contribution in [-0.2, 0) is 32.0 Å². The molecular weight excluding hydrogens is 618 g/mol. The molecule has 0 aliphatic carbocycles. The van der Waals surface area contributed by atoms with Gasteiger partial charge < -0.3 is 55.5 Å². The lowest BCUT2D eigenvalue weighted by Gasteiger charge is -2.26. The summed E-state index contributed by atoms with van der Waals surface area (Å²) in [6, 6.07) is 7.72. The molecule has 0 heterocycles. The fraction of sp³-hybridized carbons (Fsp3) is 0.438. The first-order chi connectivity index (χ1) is 22.7. The largest absolute Gasteiger partial charge is 0.508 e. The highest BCUT2D eigenvalue weighted by Crippen LogP contribution is 2.22. The van der Waals surface area contributed by atoms with E-state index in [2.05, 4.69) is 25.9 Å². The van der Waals surface area contributed by atoms with E-state index in [0.29, 0.717) is 29.5 Å². The summed E-state index contributed by atoms with van der Waals surface area (Å²) in [6.45, 7) is 3.98. The van der Waals surface area contributed by atoms with Crippen LogP contribution in [0.5, 0.6) is 5.75 Å². The smallest absolute Gasteiger partial charge is 0.243 e. The van der Waals surface area contributed by atoms with Crippen molar-refractivity contribution in [3.63, 3.8) is 0 Å². The molecule has 0 saturated carbocycles. The molecule has 262 valence electrons. The molecule has 4 amide bonds. The Hall–Kier alpha value is -5.38. The number of amides is 4. The van der Waals surface area contributed by atoms with Gasteiger partial charge in [0.05, 0.1) is 6.04 Å². The lowest BCUT2D eigenvalue weighted by molar-refractivity contribution is -0.133. The molecule has 16 nitrogen and oxygen atoms in total. The number of carbonyl (C=O) groups is 4. The van der Waals surface area contributed by atoms with E-state index >= 15 is 0 Å². The molecular formula is C32H49N11O5. The monoisotopic (exact) mass is 667 g/mol. The number of hydrogen-bond acceptors (Lipinski definition) is 8. The van der Waals surface area contributed by atoms with Crippen LogP contribution in [0.15, 0.2) is 52.4 Å². The van der Waals surface area contributed by atoms with E-state index in [9.17, 15) is 24.3 Å². The van der Waals surface area contributed by atoms with Gasteiger partial charge in [0.1, 0.15) is 23.9 Å². The van der Waals surface area contributed by atoms with Gasteiger partial charge in [0.15, 0.2) is 11.9 Å². The molecule has 0 unspecified atom stereocenters. The SMILES string of the molecule is Cc1cc(O)cc(C)c1C[C@H](NC(=O)[C@H](N)CCCN=C(N)N)C(=O)N[C@@H](CCCN=C(N)N)C(=O)N[C@@H](Cc1ccccc1)C(N)=O. The number of nitrogens with zero attached hydrogens (tertiary/aromatic N) is 2. The number of phenols is 1. The van der Waals surface area contributed by atoms with Crippen LogP contribution in [0, 0.1) is 13.8 Å². The van der Waals surface area contributed by atoms with E-state index in [1.54, 1.807) is 50.2 Å². The second-order valence-electron chi connectivity index (χ2n) is 11.5. The van der Waals surface area contributed by atoms with Gasteiger partial charge in [-0.2, -0.15) is 0 Å². The first kappa shape index (κ1) is 38.8. The maximum Gasteiger partial charge on any atom is 0.243 e. The highest BCUT2D eigenvalue weighted by atomic mass is 16.3. The highest BCUT2D eigenvalue weighted by molar-refractivity contribution is 5.94. The van der Waals surface area contributed by atoms with Gasteiger partial charge in [0.25, 0.3) is 0 Å². The predicted octanol–water partition coefficient (Wildman–Crippen LogP) is -1.83. The number of aryl methyl sites for hydroxylation is 2. The molecule has 0 fully saturated rings. The molecule has 0 aliphatic heterocycles. The van der Waals surface area contributed by atoms with Gasteiger partial charge >= 0.3 is 0 Å². The minimum atomic E-state index is -1.17. The summed E-state index contributed by atoms with van der Waals surface area (Å²) in [5.74, 6) is -2.85. The fourth-order valence-corrected chi connectivity index (χ4v) is 5.02. The number of carbonyl (C=O) groups excluding carboxylic acids is 4. The Bertz CT molecular complexity index is 1430. The summed E-state index contributed by atoms with van der Waals surface area (Å²) < 4.78 is 0. The van der Waals surface area contributed by atoms with E-state index in [1.807, 2.05) is 6.07 Å². The number of hydrogen-bond donors (Lipinski definition) is 10. The number of phenolic OH excluding ortho intramolecular Hbond substituents is 1. The molecule has 2 aromatic rings. The molecule has 0 spiro atoms. The number of guanidine groups is 2. The van der Waals surface area contributed by atoms with Crippen molar-refractivity contribution in [2.75, 3.05) is 13.1 Å². The summed E-state index contributed by atoms with van der Waals surface area (Å²) >= 11 is 0. The molecule has 0 aliphatic rings. The quantitative estimate of drug-likeness (QED) is 0.0454. The highest BCUT2D eigenvalue weighted by Gasteiger charge is 2.30. The average molecular weight is 668 g/mol. The van der Waals surface area contributed by atoms with Crippen LogP contribution >= 0.6 is 0 Å². The molecule has 16 heteroatoms. The van der Waals surface area contributed by atoms with E-state index in [1.165, 1.54) is 0 Å². The van der Waals surface area contributed by atoms with Crippen LogP contribution in [0.25, 0.3) is 0 Å². The molecule has 0 saturated heterocycles. The van der Waals surface area contributed by atoms with Crippen molar-refractivity contribution in [2.45, 2.75) is 76.5 Å². The van der Waals surface area contributed by atoms with Crippen molar-refractivity contribution >= 4 is 35.5 Å². The second kappa shape index (κ2) is 19.3. The third kappa shape index (κ3) is 13.5. The standard InChI is InChI=1S/C32H49N11O5/c1-18-14-21(44)15-19(2)22(18)17-26(43-28(46)23(33)10-6-12-39-31(35)36)30(48)41-24(11-7-13-40-32(37)38)29(47)42-25(27(34)45)16-20-8-4-3-5-9-20/h3-5,8-9,14-15,23-26,44H,6-7,10-13,16-17,33H2,1-2H3,(H2,34,45)(H,41,48)(H,42,47)(H,43,46)(H4,35,36,39)(H4,37,38,40)/t23-,24+,25+,26+/m1/s1. The maximum atomic E-state index is 13.9. The Balaban J connectivity index is 2.34. The van der Waals surface area contributed by atoms with E-state index in [0.717, 1.165) is 5.56 Å². The van der Waals surface area contributed by atoms with Crippen LogP contribution in [-0.4, -0.2) is 77.9 Å². The van der Waals surface area contributed by atoms with Gasteiger partial charge in [-0.05, 0) is 73.9 Å². The number of primary amides is 1. The zero-order valence-electron chi connectivity index (χ0n) is 27.4. The number of aromatic hydroxyl groups is 1. The number of aliphatic imine (C=N–C) groups is 2. The Morgan fingerprint density at radius 3 is 1.75 bits per heavy atom. The minimum absolute atomic E-state index is 0.0243. The summed E-state index contributed by atoms with van der Waals surface area (Å²) in [4.78, 5) is 60.8. The van der Waals surface area contributed by atoms with E-state index in [-0.39, 0.29) is 56.4 Å². The van der Waals surface area contributed by atoms with Crippen molar-refractivity contribution in [1.82, 2.24) is 16.0 Å².